The summed E-state index contributed by atoms with van der Waals surface area (Å²) >= 11 is 11.5. The van der Waals surface area contributed by atoms with Crippen molar-refractivity contribution in [2.45, 2.75) is 0 Å². The molecule has 0 aliphatic heterocycles. The molecule has 1 heterocycles. The number of aromatic nitrogens is 2. The fourth-order valence-corrected chi connectivity index (χ4v) is 2.77. The Balaban J connectivity index is 2.34. The van der Waals surface area contributed by atoms with Gasteiger partial charge in [-0.2, -0.15) is 0 Å². The number of benzene rings is 2. The first-order chi connectivity index (χ1) is 10.1. The Morgan fingerprint density at radius 2 is 1.90 bits per heavy atom. The standard InChI is InChI=1S/C15H13ClN2O2S/c1-19-10-4-6-14(20-2)13(8-10)18-12-5-3-9(16)7-11(12)17-15(18)21/h3-8H,1-2H3,(H,17,21). The van der Waals surface area contributed by atoms with Crippen LogP contribution in [0, 0.1) is 4.77 Å². The maximum Gasteiger partial charge on any atom is 0.182 e. The third-order valence-electron chi connectivity index (χ3n) is 3.27. The van der Waals surface area contributed by atoms with E-state index in [4.69, 9.17) is 33.3 Å². The van der Waals surface area contributed by atoms with E-state index in [-0.39, 0.29) is 0 Å². The van der Waals surface area contributed by atoms with Crippen LogP contribution in [-0.4, -0.2) is 23.8 Å². The molecule has 1 N–H and O–H groups in total. The van der Waals surface area contributed by atoms with Crippen LogP contribution in [0.1, 0.15) is 0 Å². The van der Waals surface area contributed by atoms with Gasteiger partial charge in [0.1, 0.15) is 11.5 Å². The number of hydrogen-bond acceptors (Lipinski definition) is 3. The van der Waals surface area contributed by atoms with Crippen molar-refractivity contribution in [1.29, 1.82) is 0 Å². The summed E-state index contributed by atoms with van der Waals surface area (Å²) in [5, 5.41) is 0.656. The van der Waals surface area contributed by atoms with Crippen LogP contribution >= 0.6 is 23.8 Å². The van der Waals surface area contributed by atoms with Crippen LogP contribution in [0.25, 0.3) is 16.7 Å². The second-order valence-corrected chi connectivity index (χ2v) is 5.29. The summed E-state index contributed by atoms with van der Waals surface area (Å²) in [6.07, 6.45) is 0. The van der Waals surface area contributed by atoms with Crippen LogP contribution in [0.4, 0.5) is 0 Å². The highest BCUT2D eigenvalue weighted by Gasteiger charge is 2.12. The van der Waals surface area contributed by atoms with Crippen LogP contribution in [0.3, 0.4) is 0 Å². The fraction of sp³-hybridized carbons (Fsp3) is 0.133. The number of nitrogens with zero attached hydrogens (tertiary/aromatic N) is 1. The summed E-state index contributed by atoms with van der Waals surface area (Å²) in [6, 6.07) is 11.2. The van der Waals surface area contributed by atoms with Gasteiger partial charge in [-0.05, 0) is 42.5 Å². The molecule has 0 unspecified atom stereocenters. The van der Waals surface area contributed by atoms with E-state index in [1.54, 1.807) is 14.2 Å². The maximum absolute atomic E-state index is 6.02. The van der Waals surface area contributed by atoms with Gasteiger partial charge in [0.25, 0.3) is 0 Å². The largest absolute Gasteiger partial charge is 0.497 e. The molecule has 0 saturated carbocycles. The van der Waals surface area contributed by atoms with Crippen LogP contribution in [0.15, 0.2) is 36.4 Å². The number of nitrogens with one attached hydrogen (secondary N) is 1. The zero-order chi connectivity index (χ0) is 15.0. The molecule has 21 heavy (non-hydrogen) atoms. The molecular weight excluding hydrogens is 308 g/mol. The first kappa shape index (κ1) is 14.0. The number of hydrogen-bond donors (Lipinski definition) is 1. The SMILES string of the molecule is COc1ccc(OC)c(-n2c(=S)[nH]c3cc(Cl)ccc32)c1. The van der Waals surface area contributed by atoms with Gasteiger partial charge < -0.3 is 14.5 Å². The molecule has 0 bridgehead atoms. The lowest BCUT2D eigenvalue weighted by Crippen LogP contribution is -1.99. The predicted molar refractivity (Wildman–Crippen MR) is 86.6 cm³/mol. The minimum Gasteiger partial charge on any atom is -0.497 e. The highest BCUT2D eigenvalue weighted by Crippen LogP contribution is 2.31. The van der Waals surface area contributed by atoms with Gasteiger partial charge in [0, 0.05) is 11.1 Å². The highest BCUT2D eigenvalue weighted by atomic mass is 35.5. The number of rotatable bonds is 3. The quantitative estimate of drug-likeness (QED) is 0.729. The zero-order valence-corrected chi connectivity index (χ0v) is 13.1. The summed E-state index contributed by atoms with van der Waals surface area (Å²) in [4.78, 5) is 3.15. The number of fused-ring (bicyclic) bond motifs is 1. The summed E-state index contributed by atoms with van der Waals surface area (Å²) in [5.74, 6) is 1.44. The zero-order valence-electron chi connectivity index (χ0n) is 11.5. The number of methoxy groups -OCH3 is 2. The smallest absolute Gasteiger partial charge is 0.182 e. The topological polar surface area (TPSA) is 39.2 Å². The molecule has 2 aromatic carbocycles. The Morgan fingerprint density at radius 3 is 2.62 bits per heavy atom. The predicted octanol–water partition coefficient (Wildman–Crippen LogP) is 4.36. The normalized spacial score (nSPS) is 10.8. The molecule has 0 spiro atoms. The van der Waals surface area contributed by atoms with Gasteiger partial charge in [-0.15, -0.1) is 0 Å². The van der Waals surface area contributed by atoms with Crippen molar-refractivity contribution in [3.8, 4) is 17.2 Å². The van der Waals surface area contributed by atoms with E-state index in [2.05, 4.69) is 4.98 Å². The minimum absolute atomic E-state index is 0.568. The van der Waals surface area contributed by atoms with Gasteiger partial charge in [0.2, 0.25) is 0 Å². The van der Waals surface area contributed by atoms with Crippen molar-refractivity contribution < 1.29 is 9.47 Å². The van der Waals surface area contributed by atoms with E-state index in [9.17, 15) is 0 Å². The monoisotopic (exact) mass is 320 g/mol. The molecule has 3 aromatic rings. The van der Waals surface area contributed by atoms with Crippen molar-refractivity contribution in [2.24, 2.45) is 0 Å². The van der Waals surface area contributed by atoms with Gasteiger partial charge in [0.15, 0.2) is 4.77 Å². The molecule has 6 heteroatoms. The summed E-state index contributed by atoms with van der Waals surface area (Å²) in [5.41, 5.74) is 2.61. The average Bonchev–Trinajstić information content (AvgIpc) is 2.81. The number of halogens is 1. The lowest BCUT2D eigenvalue weighted by atomic mass is 10.2. The van der Waals surface area contributed by atoms with Crippen LogP contribution in [0.5, 0.6) is 11.5 Å². The highest BCUT2D eigenvalue weighted by molar-refractivity contribution is 7.71. The maximum atomic E-state index is 6.02. The Morgan fingerprint density at radius 1 is 1.10 bits per heavy atom. The third-order valence-corrected chi connectivity index (χ3v) is 3.79. The molecule has 0 saturated heterocycles. The van der Waals surface area contributed by atoms with Crippen LogP contribution in [-0.2, 0) is 0 Å². The molecule has 0 radical (unpaired) electrons. The molecule has 0 amide bonds. The molecule has 0 aliphatic rings. The Hall–Kier alpha value is -1.98. The fourth-order valence-electron chi connectivity index (χ4n) is 2.29. The van der Waals surface area contributed by atoms with E-state index >= 15 is 0 Å². The van der Waals surface area contributed by atoms with Crippen LogP contribution in [0.2, 0.25) is 5.02 Å². The second-order valence-electron chi connectivity index (χ2n) is 4.46. The lowest BCUT2D eigenvalue weighted by molar-refractivity contribution is 0.401. The average molecular weight is 321 g/mol. The summed E-state index contributed by atoms with van der Waals surface area (Å²) in [6.45, 7) is 0. The van der Waals surface area contributed by atoms with Crippen molar-refractivity contribution in [1.82, 2.24) is 9.55 Å². The number of aromatic amines is 1. The van der Waals surface area contributed by atoms with Gasteiger partial charge in [-0.1, -0.05) is 11.6 Å². The Kier molecular flexibility index (Phi) is 3.61. The Labute approximate surface area is 131 Å². The first-order valence-corrected chi connectivity index (χ1v) is 7.05. The lowest BCUT2D eigenvalue weighted by Gasteiger charge is -2.12. The second kappa shape index (κ2) is 5.42. The minimum atomic E-state index is 0.568. The van der Waals surface area contributed by atoms with Crippen LogP contribution < -0.4 is 9.47 Å². The van der Waals surface area contributed by atoms with Crippen molar-refractivity contribution in [3.05, 3.63) is 46.2 Å². The van der Waals surface area contributed by atoms with E-state index in [1.807, 2.05) is 41.0 Å². The van der Waals surface area contributed by atoms with Gasteiger partial charge in [0.05, 0.1) is 30.9 Å². The molecule has 3 rings (SSSR count). The van der Waals surface area contributed by atoms with Crippen molar-refractivity contribution >= 4 is 34.9 Å². The van der Waals surface area contributed by atoms with Crippen molar-refractivity contribution in [2.75, 3.05) is 14.2 Å². The van der Waals surface area contributed by atoms with Crippen molar-refractivity contribution in [3.63, 3.8) is 0 Å². The first-order valence-electron chi connectivity index (χ1n) is 6.26. The molecule has 0 atom stereocenters. The molecule has 1 aromatic heterocycles. The summed E-state index contributed by atoms with van der Waals surface area (Å²) in [7, 11) is 3.25. The third kappa shape index (κ3) is 2.39. The van der Waals surface area contributed by atoms with E-state index in [0.29, 0.717) is 15.5 Å². The van der Waals surface area contributed by atoms with Gasteiger partial charge in [-0.25, -0.2) is 0 Å². The molecule has 4 nitrogen and oxygen atoms in total. The molecule has 0 fully saturated rings. The Bertz CT molecular complexity index is 870. The van der Waals surface area contributed by atoms with E-state index in [0.717, 1.165) is 22.5 Å². The number of imidazole rings is 1. The number of ether oxygens (including phenoxy) is 2. The molecule has 0 aliphatic carbocycles. The van der Waals surface area contributed by atoms with Gasteiger partial charge in [-0.3, -0.25) is 4.57 Å². The number of H-pyrrole nitrogens is 1. The molecule has 108 valence electrons. The van der Waals surface area contributed by atoms with E-state index in [1.165, 1.54) is 0 Å². The summed E-state index contributed by atoms with van der Waals surface area (Å²) < 4.78 is 13.2. The molecular formula is C15H13ClN2O2S. The van der Waals surface area contributed by atoms with Gasteiger partial charge >= 0.3 is 0 Å². The van der Waals surface area contributed by atoms with E-state index < -0.39 is 0 Å².